The molecular weight excluding hydrogens is 230 g/mol. The molecule has 1 atom stereocenters. The molecule has 0 aliphatic heterocycles. The molecule has 0 saturated heterocycles. The highest BCUT2D eigenvalue weighted by molar-refractivity contribution is 9.10. The predicted octanol–water partition coefficient (Wildman–Crippen LogP) is 2.09. The van der Waals surface area contributed by atoms with Gasteiger partial charge in [-0.15, -0.1) is 0 Å². The first kappa shape index (κ1) is 10.3. The molecule has 0 bridgehead atoms. The summed E-state index contributed by atoms with van der Waals surface area (Å²) in [5.41, 5.74) is 1.11. The van der Waals surface area contributed by atoms with Gasteiger partial charge in [0, 0.05) is 6.54 Å². The standard InChI is InChI=1S/C10H12BrNO/c1-8(11)10(13)12-7-9-5-3-2-4-6-9/h2-6,8H,7H2,1H3,(H,12,13)/t8-/m0/s1. The van der Waals surface area contributed by atoms with Gasteiger partial charge in [-0.05, 0) is 12.5 Å². The molecule has 2 nitrogen and oxygen atoms in total. The molecule has 0 aliphatic carbocycles. The lowest BCUT2D eigenvalue weighted by Crippen LogP contribution is -2.28. The third kappa shape index (κ3) is 3.59. The quantitative estimate of drug-likeness (QED) is 0.808. The first-order chi connectivity index (χ1) is 6.20. The van der Waals surface area contributed by atoms with Crippen molar-refractivity contribution in [1.82, 2.24) is 5.32 Å². The molecule has 1 N–H and O–H groups in total. The van der Waals surface area contributed by atoms with Crippen molar-refractivity contribution in [3.8, 4) is 0 Å². The second-order valence-electron chi connectivity index (χ2n) is 2.82. The fraction of sp³-hybridized carbons (Fsp3) is 0.300. The van der Waals surface area contributed by atoms with Gasteiger partial charge in [0.15, 0.2) is 0 Å². The average molecular weight is 242 g/mol. The van der Waals surface area contributed by atoms with E-state index in [0.29, 0.717) is 6.54 Å². The zero-order chi connectivity index (χ0) is 9.68. The van der Waals surface area contributed by atoms with Gasteiger partial charge in [0.05, 0.1) is 4.83 Å². The number of carbonyl (C=O) groups excluding carboxylic acids is 1. The molecule has 3 heteroatoms. The first-order valence-electron chi connectivity index (χ1n) is 4.16. The summed E-state index contributed by atoms with van der Waals surface area (Å²) < 4.78 is 0. The van der Waals surface area contributed by atoms with E-state index in [4.69, 9.17) is 0 Å². The van der Waals surface area contributed by atoms with Crippen LogP contribution in [0.25, 0.3) is 0 Å². The molecule has 0 heterocycles. The maximum absolute atomic E-state index is 11.2. The van der Waals surface area contributed by atoms with E-state index in [-0.39, 0.29) is 10.7 Å². The smallest absolute Gasteiger partial charge is 0.233 e. The van der Waals surface area contributed by atoms with E-state index in [0.717, 1.165) is 5.56 Å². The van der Waals surface area contributed by atoms with Gasteiger partial charge in [-0.3, -0.25) is 4.79 Å². The van der Waals surface area contributed by atoms with Crippen molar-refractivity contribution in [2.45, 2.75) is 18.3 Å². The van der Waals surface area contributed by atoms with Gasteiger partial charge in [0.1, 0.15) is 0 Å². The number of carbonyl (C=O) groups is 1. The van der Waals surface area contributed by atoms with E-state index in [1.165, 1.54) is 0 Å². The third-order valence-electron chi connectivity index (χ3n) is 1.67. The van der Waals surface area contributed by atoms with Gasteiger partial charge in [0.25, 0.3) is 0 Å². The minimum absolute atomic E-state index is 0.0175. The maximum Gasteiger partial charge on any atom is 0.233 e. The fourth-order valence-corrected chi connectivity index (χ4v) is 1.09. The molecule has 0 aromatic heterocycles. The topological polar surface area (TPSA) is 29.1 Å². The second-order valence-corrected chi connectivity index (χ2v) is 4.19. The van der Waals surface area contributed by atoms with E-state index < -0.39 is 0 Å². The number of benzene rings is 1. The summed E-state index contributed by atoms with van der Waals surface area (Å²) in [5, 5.41) is 2.81. The lowest BCUT2D eigenvalue weighted by atomic mass is 10.2. The molecule has 0 aliphatic rings. The predicted molar refractivity (Wildman–Crippen MR) is 56.7 cm³/mol. The average Bonchev–Trinajstić information content (AvgIpc) is 2.15. The van der Waals surface area contributed by atoms with Crippen LogP contribution >= 0.6 is 15.9 Å². The first-order valence-corrected chi connectivity index (χ1v) is 5.07. The Bertz CT molecular complexity index is 272. The van der Waals surface area contributed by atoms with Crippen LogP contribution in [0.3, 0.4) is 0 Å². The molecule has 0 spiro atoms. The van der Waals surface area contributed by atoms with Crippen molar-refractivity contribution in [2.24, 2.45) is 0 Å². The van der Waals surface area contributed by atoms with Crippen LogP contribution in [0.1, 0.15) is 12.5 Å². The van der Waals surface area contributed by atoms with Crippen LogP contribution in [0.2, 0.25) is 0 Å². The van der Waals surface area contributed by atoms with E-state index >= 15 is 0 Å². The summed E-state index contributed by atoms with van der Waals surface area (Å²) in [6.45, 7) is 2.40. The highest BCUT2D eigenvalue weighted by atomic mass is 79.9. The summed E-state index contributed by atoms with van der Waals surface area (Å²) >= 11 is 3.20. The summed E-state index contributed by atoms with van der Waals surface area (Å²) in [7, 11) is 0. The summed E-state index contributed by atoms with van der Waals surface area (Å²) in [4.78, 5) is 11.0. The number of hydrogen-bond acceptors (Lipinski definition) is 1. The van der Waals surface area contributed by atoms with Gasteiger partial charge in [0.2, 0.25) is 5.91 Å². The lowest BCUT2D eigenvalue weighted by Gasteiger charge is -2.05. The van der Waals surface area contributed by atoms with Gasteiger partial charge in [-0.1, -0.05) is 46.3 Å². The number of halogens is 1. The Kier molecular flexibility index (Phi) is 3.96. The molecular formula is C10H12BrNO. The zero-order valence-corrected chi connectivity index (χ0v) is 9.04. The number of nitrogens with one attached hydrogen (secondary N) is 1. The van der Waals surface area contributed by atoms with Crippen molar-refractivity contribution >= 4 is 21.8 Å². The van der Waals surface area contributed by atoms with Crippen LogP contribution in [-0.2, 0) is 11.3 Å². The molecule has 0 saturated carbocycles. The Morgan fingerprint density at radius 2 is 2.08 bits per heavy atom. The molecule has 1 amide bonds. The minimum Gasteiger partial charge on any atom is -0.351 e. The Morgan fingerprint density at radius 1 is 1.46 bits per heavy atom. The van der Waals surface area contributed by atoms with E-state index in [1.807, 2.05) is 30.3 Å². The van der Waals surface area contributed by atoms with Crippen molar-refractivity contribution in [1.29, 1.82) is 0 Å². The summed E-state index contributed by atoms with van der Waals surface area (Å²) in [6, 6.07) is 9.84. The molecule has 0 fully saturated rings. The lowest BCUT2D eigenvalue weighted by molar-refractivity contribution is -0.120. The maximum atomic E-state index is 11.2. The van der Waals surface area contributed by atoms with E-state index in [9.17, 15) is 4.79 Å². The molecule has 0 unspecified atom stereocenters. The van der Waals surface area contributed by atoms with Crippen LogP contribution in [0.15, 0.2) is 30.3 Å². The van der Waals surface area contributed by atoms with E-state index in [1.54, 1.807) is 6.92 Å². The second kappa shape index (κ2) is 5.02. The van der Waals surface area contributed by atoms with E-state index in [2.05, 4.69) is 21.2 Å². The highest BCUT2D eigenvalue weighted by Crippen LogP contribution is 2.00. The monoisotopic (exact) mass is 241 g/mol. The van der Waals surface area contributed by atoms with Crippen LogP contribution < -0.4 is 5.32 Å². The fourth-order valence-electron chi connectivity index (χ4n) is 0.926. The number of amides is 1. The van der Waals surface area contributed by atoms with Crippen LogP contribution in [0, 0.1) is 0 Å². The Labute approximate surface area is 86.5 Å². The van der Waals surface area contributed by atoms with Gasteiger partial charge in [-0.2, -0.15) is 0 Å². The van der Waals surface area contributed by atoms with Crippen molar-refractivity contribution in [3.05, 3.63) is 35.9 Å². The van der Waals surface area contributed by atoms with Crippen LogP contribution in [0.5, 0.6) is 0 Å². The number of alkyl halides is 1. The number of rotatable bonds is 3. The molecule has 13 heavy (non-hydrogen) atoms. The molecule has 1 aromatic rings. The van der Waals surface area contributed by atoms with Gasteiger partial charge in [-0.25, -0.2) is 0 Å². The Balaban J connectivity index is 2.40. The molecule has 1 aromatic carbocycles. The molecule has 0 radical (unpaired) electrons. The van der Waals surface area contributed by atoms with Crippen LogP contribution in [0.4, 0.5) is 0 Å². The molecule has 70 valence electrons. The number of hydrogen-bond donors (Lipinski definition) is 1. The van der Waals surface area contributed by atoms with Crippen molar-refractivity contribution < 1.29 is 4.79 Å². The SMILES string of the molecule is C[C@H](Br)C(=O)NCc1ccccc1. The Hall–Kier alpha value is -0.830. The third-order valence-corrected chi connectivity index (χ3v) is 2.09. The van der Waals surface area contributed by atoms with Crippen molar-refractivity contribution in [2.75, 3.05) is 0 Å². The Morgan fingerprint density at radius 3 is 2.62 bits per heavy atom. The van der Waals surface area contributed by atoms with Gasteiger partial charge < -0.3 is 5.32 Å². The van der Waals surface area contributed by atoms with Gasteiger partial charge >= 0.3 is 0 Å². The van der Waals surface area contributed by atoms with Crippen molar-refractivity contribution in [3.63, 3.8) is 0 Å². The highest BCUT2D eigenvalue weighted by Gasteiger charge is 2.06. The minimum atomic E-state index is -0.129. The summed E-state index contributed by atoms with van der Waals surface area (Å²) in [6.07, 6.45) is 0. The summed E-state index contributed by atoms with van der Waals surface area (Å²) in [5.74, 6) is 0.0175. The molecule has 1 rings (SSSR count). The largest absolute Gasteiger partial charge is 0.351 e. The zero-order valence-electron chi connectivity index (χ0n) is 7.46. The van der Waals surface area contributed by atoms with Crippen LogP contribution in [-0.4, -0.2) is 10.7 Å². The normalized spacial score (nSPS) is 12.2.